The van der Waals surface area contributed by atoms with Gasteiger partial charge in [0.25, 0.3) is 0 Å². The van der Waals surface area contributed by atoms with Gasteiger partial charge in [-0.1, -0.05) is 23.8 Å². The molecule has 0 unspecified atom stereocenters. The van der Waals surface area contributed by atoms with Crippen LogP contribution in [0.15, 0.2) is 47.4 Å². The van der Waals surface area contributed by atoms with Crippen LogP contribution in [-0.4, -0.2) is 17.6 Å². The molecule has 0 atom stereocenters. The van der Waals surface area contributed by atoms with Gasteiger partial charge < -0.3 is 10.6 Å². The SMILES string of the molecule is Cc1ccc(NC(=O)Cc2ccc3c(c2)NC(=O)CS3)cc1. The smallest absolute Gasteiger partial charge is 0.234 e. The molecular formula is C17H16N2O2S. The predicted molar refractivity (Wildman–Crippen MR) is 89.3 cm³/mol. The molecule has 5 heteroatoms. The Balaban J connectivity index is 1.67. The van der Waals surface area contributed by atoms with Gasteiger partial charge in [0.15, 0.2) is 0 Å². The van der Waals surface area contributed by atoms with Gasteiger partial charge in [0.05, 0.1) is 17.9 Å². The van der Waals surface area contributed by atoms with Gasteiger partial charge >= 0.3 is 0 Å². The maximum Gasteiger partial charge on any atom is 0.234 e. The molecule has 22 heavy (non-hydrogen) atoms. The van der Waals surface area contributed by atoms with Gasteiger partial charge in [-0.2, -0.15) is 0 Å². The number of hydrogen-bond donors (Lipinski definition) is 2. The monoisotopic (exact) mass is 312 g/mol. The molecule has 2 aromatic carbocycles. The topological polar surface area (TPSA) is 58.2 Å². The van der Waals surface area contributed by atoms with Crippen molar-refractivity contribution in [3.8, 4) is 0 Å². The number of rotatable bonds is 3. The van der Waals surface area contributed by atoms with Gasteiger partial charge in [-0.25, -0.2) is 0 Å². The summed E-state index contributed by atoms with van der Waals surface area (Å²) in [4.78, 5) is 24.6. The number of amides is 2. The van der Waals surface area contributed by atoms with Crippen LogP contribution in [0.25, 0.3) is 0 Å². The number of carbonyl (C=O) groups is 2. The summed E-state index contributed by atoms with van der Waals surface area (Å²) >= 11 is 1.52. The first-order valence-electron chi connectivity index (χ1n) is 7.02. The van der Waals surface area contributed by atoms with E-state index in [0.29, 0.717) is 5.75 Å². The van der Waals surface area contributed by atoms with Crippen molar-refractivity contribution >= 4 is 35.0 Å². The number of hydrogen-bond acceptors (Lipinski definition) is 3. The van der Waals surface area contributed by atoms with Crippen molar-refractivity contribution in [1.82, 2.24) is 0 Å². The molecule has 2 aromatic rings. The first-order chi connectivity index (χ1) is 10.6. The van der Waals surface area contributed by atoms with Crippen molar-refractivity contribution in [1.29, 1.82) is 0 Å². The largest absolute Gasteiger partial charge is 0.326 e. The summed E-state index contributed by atoms with van der Waals surface area (Å²) in [6.45, 7) is 2.00. The highest BCUT2D eigenvalue weighted by atomic mass is 32.2. The lowest BCUT2D eigenvalue weighted by Crippen LogP contribution is -2.19. The molecular weight excluding hydrogens is 296 g/mol. The summed E-state index contributed by atoms with van der Waals surface area (Å²) < 4.78 is 0. The number of thioether (sulfide) groups is 1. The Morgan fingerprint density at radius 3 is 2.77 bits per heavy atom. The highest BCUT2D eigenvalue weighted by Crippen LogP contribution is 2.32. The second-order valence-electron chi connectivity index (χ2n) is 5.26. The first-order valence-corrected chi connectivity index (χ1v) is 8.01. The lowest BCUT2D eigenvalue weighted by molar-refractivity contribution is -0.115. The molecule has 1 heterocycles. The van der Waals surface area contributed by atoms with Crippen molar-refractivity contribution in [3.05, 3.63) is 53.6 Å². The zero-order valence-corrected chi connectivity index (χ0v) is 13.0. The third-order valence-electron chi connectivity index (χ3n) is 3.38. The molecule has 0 saturated carbocycles. The molecule has 1 aliphatic rings. The maximum absolute atomic E-state index is 12.1. The average molecular weight is 312 g/mol. The van der Waals surface area contributed by atoms with Crippen LogP contribution in [0.1, 0.15) is 11.1 Å². The van der Waals surface area contributed by atoms with Crippen LogP contribution in [0.2, 0.25) is 0 Å². The number of nitrogens with one attached hydrogen (secondary N) is 2. The summed E-state index contributed by atoms with van der Waals surface area (Å²) in [5.74, 6) is 0.373. The number of anilines is 2. The lowest BCUT2D eigenvalue weighted by atomic mass is 10.1. The van der Waals surface area contributed by atoms with E-state index in [4.69, 9.17) is 0 Å². The van der Waals surface area contributed by atoms with Crippen LogP contribution < -0.4 is 10.6 Å². The molecule has 2 amide bonds. The van der Waals surface area contributed by atoms with Crippen LogP contribution in [0.4, 0.5) is 11.4 Å². The Hall–Kier alpha value is -2.27. The van der Waals surface area contributed by atoms with Crippen LogP contribution in [0.5, 0.6) is 0 Å². The first kappa shape index (κ1) is 14.7. The van der Waals surface area contributed by atoms with E-state index in [1.54, 1.807) is 0 Å². The van der Waals surface area contributed by atoms with Crippen molar-refractivity contribution in [3.63, 3.8) is 0 Å². The van der Waals surface area contributed by atoms with E-state index in [-0.39, 0.29) is 18.2 Å². The zero-order chi connectivity index (χ0) is 15.5. The summed E-state index contributed by atoms with van der Waals surface area (Å²) in [5.41, 5.74) is 3.62. The molecule has 2 N–H and O–H groups in total. The third-order valence-corrected chi connectivity index (χ3v) is 4.45. The van der Waals surface area contributed by atoms with Crippen molar-refractivity contribution in [2.45, 2.75) is 18.2 Å². The number of benzene rings is 2. The van der Waals surface area contributed by atoms with Crippen LogP contribution in [0, 0.1) is 6.92 Å². The highest BCUT2D eigenvalue weighted by Gasteiger charge is 2.16. The Kier molecular flexibility index (Phi) is 4.15. The standard InChI is InChI=1S/C17H16N2O2S/c1-11-2-5-13(6-3-11)18-16(20)9-12-4-7-15-14(8-12)19-17(21)10-22-15/h2-8H,9-10H2,1H3,(H,18,20)(H,19,21). The van der Waals surface area contributed by atoms with E-state index in [1.165, 1.54) is 11.8 Å². The molecule has 0 spiro atoms. The fourth-order valence-electron chi connectivity index (χ4n) is 2.27. The highest BCUT2D eigenvalue weighted by molar-refractivity contribution is 8.00. The van der Waals surface area contributed by atoms with Gasteiger partial charge in [-0.05, 0) is 36.8 Å². The molecule has 112 valence electrons. The molecule has 1 aliphatic heterocycles. The second-order valence-corrected chi connectivity index (χ2v) is 6.28. The normalized spacial score (nSPS) is 13.2. The van der Waals surface area contributed by atoms with E-state index >= 15 is 0 Å². The number of fused-ring (bicyclic) bond motifs is 1. The third kappa shape index (κ3) is 3.49. The predicted octanol–water partition coefficient (Wildman–Crippen LogP) is 3.22. The fraction of sp³-hybridized carbons (Fsp3) is 0.176. The minimum Gasteiger partial charge on any atom is -0.326 e. The van der Waals surface area contributed by atoms with Gasteiger partial charge in [-0.3, -0.25) is 9.59 Å². The molecule has 3 rings (SSSR count). The number of aryl methyl sites for hydroxylation is 1. The Morgan fingerprint density at radius 1 is 1.23 bits per heavy atom. The molecule has 0 radical (unpaired) electrons. The Morgan fingerprint density at radius 2 is 2.00 bits per heavy atom. The Bertz CT molecular complexity index is 726. The molecule has 0 aliphatic carbocycles. The summed E-state index contributed by atoms with van der Waals surface area (Å²) in [5, 5.41) is 5.71. The maximum atomic E-state index is 12.1. The minimum absolute atomic E-state index is 0.00115. The summed E-state index contributed by atoms with van der Waals surface area (Å²) in [6, 6.07) is 13.4. The Labute approximate surface area is 133 Å². The van der Waals surface area contributed by atoms with E-state index in [2.05, 4.69) is 10.6 Å². The van der Waals surface area contributed by atoms with E-state index < -0.39 is 0 Å². The van der Waals surface area contributed by atoms with Crippen LogP contribution >= 0.6 is 11.8 Å². The van der Waals surface area contributed by atoms with Crippen molar-refractivity contribution < 1.29 is 9.59 Å². The van der Waals surface area contributed by atoms with Gasteiger partial charge in [0.1, 0.15) is 0 Å². The minimum atomic E-state index is -0.0707. The van der Waals surface area contributed by atoms with E-state index in [0.717, 1.165) is 27.4 Å². The molecule has 0 saturated heterocycles. The van der Waals surface area contributed by atoms with E-state index in [9.17, 15) is 9.59 Å². The van der Waals surface area contributed by atoms with E-state index in [1.807, 2.05) is 49.4 Å². The zero-order valence-electron chi connectivity index (χ0n) is 12.2. The summed E-state index contributed by atoms with van der Waals surface area (Å²) in [7, 11) is 0. The van der Waals surface area contributed by atoms with Gasteiger partial charge in [0.2, 0.25) is 11.8 Å². The van der Waals surface area contributed by atoms with Gasteiger partial charge in [0, 0.05) is 10.6 Å². The average Bonchev–Trinajstić information content (AvgIpc) is 2.49. The van der Waals surface area contributed by atoms with Gasteiger partial charge in [-0.15, -0.1) is 11.8 Å². The lowest BCUT2D eigenvalue weighted by Gasteiger charge is -2.17. The van der Waals surface area contributed by atoms with Crippen LogP contribution in [0.3, 0.4) is 0 Å². The second kappa shape index (κ2) is 6.23. The molecule has 0 aromatic heterocycles. The summed E-state index contributed by atoms with van der Waals surface area (Å²) in [6.07, 6.45) is 0.279. The van der Waals surface area contributed by atoms with Crippen molar-refractivity contribution in [2.75, 3.05) is 16.4 Å². The fourth-order valence-corrected chi connectivity index (χ4v) is 3.06. The molecule has 4 nitrogen and oxygen atoms in total. The quantitative estimate of drug-likeness (QED) is 0.915. The van der Waals surface area contributed by atoms with Crippen molar-refractivity contribution in [2.24, 2.45) is 0 Å². The molecule has 0 fully saturated rings. The number of carbonyl (C=O) groups excluding carboxylic acids is 2. The van der Waals surface area contributed by atoms with Crippen LogP contribution in [-0.2, 0) is 16.0 Å². The molecule has 0 bridgehead atoms.